The van der Waals surface area contributed by atoms with Gasteiger partial charge in [-0.25, -0.2) is 9.18 Å². The molecule has 0 aliphatic heterocycles. The molecular formula is C24H21FN2O4S. The Kier molecular flexibility index (Phi) is 7.62. The summed E-state index contributed by atoms with van der Waals surface area (Å²) in [5.41, 5.74) is 0.541. The van der Waals surface area contributed by atoms with Crippen molar-refractivity contribution < 1.29 is 23.9 Å². The van der Waals surface area contributed by atoms with E-state index in [1.165, 1.54) is 36.0 Å². The van der Waals surface area contributed by atoms with Crippen LogP contribution in [0.25, 0.3) is 0 Å². The molecule has 3 aromatic rings. The molecule has 3 aromatic carbocycles. The van der Waals surface area contributed by atoms with Crippen molar-refractivity contribution >= 4 is 40.9 Å². The third kappa shape index (κ3) is 5.73. The standard InChI is InChI=1S/C24H21FN2O4S/c1-2-21(23(29)27-20-13-6-5-12-19(20)25)32-16-9-7-8-15(14-16)26-22(28)17-10-3-4-11-18(17)24(30)31/h3-14,21H,2H2,1H3,(H,26,28)(H,27,29)(H,30,31). The summed E-state index contributed by atoms with van der Waals surface area (Å²) in [4.78, 5) is 37.3. The van der Waals surface area contributed by atoms with Crippen molar-refractivity contribution in [2.75, 3.05) is 10.6 Å². The van der Waals surface area contributed by atoms with Crippen LogP contribution in [0.15, 0.2) is 77.7 Å². The van der Waals surface area contributed by atoms with Crippen LogP contribution in [0.2, 0.25) is 0 Å². The van der Waals surface area contributed by atoms with Crippen LogP contribution < -0.4 is 10.6 Å². The van der Waals surface area contributed by atoms with Gasteiger partial charge in [0.15, 0.2) is 0 Å². The molecule has 0 fully saturated rings. The number of aromatic carboxylic acids is 1. The number of carbonyl (C=O) groups excluding carboxylic acids is 2. The molecule has 164 valence electrons. The van der Waals surface area contributed by atoms with Crippen molar-refractivity contribution in [1.29, 1.82) is 0 Å². The van der Waals surface area contributed by atoms with Crippen LogP contribution in [0.3, 0.4) is 0 Å². The Bertz CT molecular complexity index is 1150. The van der Waals surface area contributed by atoms with Gasteiger partial charge in [-0.15, -0.1) is 11.8 Å². The molecule has 6 nitrogen and oxygen atoms in total. The van der Waals surface area contributed by atoms with E-state index in [1.807, 2.05) is 6.92 Å². The Hall–Kier alpha value is -3.65. The zero-order chi connectivity index (χ0) is 23.1. The predicted octanol–water partition coefficient (Wildman–Crippen LogP) is 5.29. The summed E-state index contributed by atoms with van der Waals surface area (Å²) in [6, 6.07) is 18.8. The van der Waals surface area contributed by atoms with Crippen LogP contribution in [0.4, 0.5) is 15.8 Å². The van der Waals surface area contributed by atoms with E-state index < -0.39 is 22.9 Å². The van der Waals surface area contributed by atoms with Crippen LogP contribution in [-0.4, -0.2) is 28.1 Å². The number of benzene rings is 3. The van der Waals surface area contributed by atoms with Gasteiger partial charge in [-0.2, -0.15) is 0 Å². The van der Waals surface area contributed by atoms with Gasteiger partial charge in [-0.05, 0) is 48.9 Å². The zero-order valence-electron chi connectivity index (χ0n) is 17.2. The number of hydrogen-bond donors (Lipinski definition) is 3. The Morgan fingerprint density at radius 1 is 0.938 bits per heavy atom. The fourth-order valence-corrected chi connectivity index (χ4v) is 3.99. The van der Waals surface area contributed by atoms with Crippen LogP contribution in [0, 0.1) is 5.82 Å². The van der Waals surface area contributed by atoms with E-state index in [2.05, 4.69) is 10.6 Å². The first-order chi connectivity index (χ1) is 15.4. The molecule has 3 rings (SSSR count). The predicted molar refractivity (Wildman–Crippen MR) is 123 cm³/mol. The molecule has 32 heavy (non-hydrogen) atoms. The number of halogens is 1. The summed E-state index contributed by atoms with van der Waals surface area (Å²) in [5, 5.41) is 14.1. The highest BCUT2D eigenvalue weighted by molar-refractivity contribution is 8.00. The van der Waals surface area contributed by atoms with E-state index in [1.54, 1.807) is 48.5 Å². The van der Waals surface area contributed by atoms with Crippen LogP contribution in [0.5, 0.6) is 0 Å². The van der Waals surface area contributed by atoms with Gasteiger partial charge in [-0.1, -0.05) is 37.3 Å². The number of rotatable bonds is 8. The molecule has 0 bridgehead atoms. The Morgan fingerprint density at radius 2 is 1.62 bits per heavy atom. The molecule has 1 atom stereocenters. The van der Waals surface area contributed by atoms with Gasteiger partial charge in [0.2, 0.25) is 5.91 Å². The number of carbonyl (C=O) groups is 3. The average Bonchev–Trinajstić information content (AvgIpc) is 2.79. The van der Waals surface area contributed by atoms with Gasteiger partial charge in [-0.3, -0.25) is 9.59 Å². The topological polar surface area (TPSA) is 95.5 Å². The molecule has 0 aliphatic rings. The Labute approximate surface area is 188 Å². The van der Waals surface area contributed by atoms with Crippen molar-refractivity contribution in [2.24, 2.45) is 0 Å². The zero-order valence-corrected chi connectivity index (χ0v) is 18.0. The van der Waals surface area contributed by atoms with E-state index in [-0.39, 0.29) is 22.7 Å². The molecular weight excluding hydrogens is 431 g/mol. The molecule has 0 radical (unpaired) electrons. The first-order valence-corrected chi connectivity index (χ1v) is 10.7. The largest absolute Gasteiger partial charge is 0.478 e. The van der Waals surface area contributed by atoms with Crippen LogP contribution in [-0.2, 0) is 4.79 Å². The lowest BCUT2D eigenvalue weighted by Gasteiger charge is -2.16. The Balaban J connectivity index is 1.71. The second kappa shape index (κ2) is 10.6. The summed E-state index contributed by atoms with van der Waals surface area (Å²) < 4.78 is 13.8. The minimum atomic E-state index is -1.19. The average molecular weight is 453 g/mol. The lowest BCUT2D eigenvalue weighted by molar-refractivity contribution is -0.115. The number of amides is 2. The maximum absolute atomic E-state index is 13.8. The molecule has 0 spiro atoms. The minimum absolute atomic E-state index is 0.0498. The lowest BCUT2D eigenvalue weighted by Crippen LogP contribution is -2.25. The maximum atomic E-state index is 13.8. The van der Waals surface area contributed by atoms with Crippen molar-refractivity contribution in [1.82, 2.24) is 0 Å². The fraction of sp³-hybridized carbons (Fsp3) is 0.125. The van der Waals surface area contributed by atoms with Crippen LogP contribution >= 0.6 is 11.8 Å². The third-order valence-electron chi connectivity index (χ3n) is 4.57. The number of carboxylic acids is 1. The highest BCUT2D eigenvalue weighted by atomic mass is 32.2. The lowest BCUT2D eigenvalue weighted by atomic mass is 10.1. The van der Waals surface area contributed by atoms with Gasteiger partial charge >= 0.3 is 5.97 Å². The molecule has 8 heteroatoms. The number of anilines is 2. The van der Waals surface area contributed by atoms with Crippen molar-refractivity contribution in [3.63, 3.8) is 0 Å². The quantitative estimate of drug-likeness (QED) is 0.404. The van der Waals surface area contributed by atoms with Gasteiger partial charge in [0.1, 0.15) is 5.82 Å². The molecule has 0 saturated carbocycles. The number of carboxylic acid groups (broad SMARTS) is 1. The molecule has 0 aromatic heterocycles. The molecule has 2 amide bonds. The van der Waals surface area contributed by atoms with Gasteiger partial charge in [0, 0.05) is 10.6 Å². The van der Waals surface area contributed by atoms with E-state index in [4.69, 9.17) is 0 Å². The normalized spacial score (nSPS) is 11.4. The van der Waals surface area contributed by atoms with Gasteiger partial charge in [0.05, 0.1) is 22.1 Å². The summed E-state index contributed by atoms with van der Waals surface area (Å²) in [6.45, 7) is 1.85. The number of hydrogen-bond acceptors (Lipinski definition) is 4. The molecule has 1 unspecified atom stereocenters. The summed E-state index contributed by atoms with van der Waals surface area (Å²) in [6.07, 6.45) is 0.507. The van der Waals surface area contributed by atoms with E-state index in [9.17, 15) is 23.9 Å². The SMILES string of the molecule is CCC(Sc1cccc(NC(=O)c2ccccc2C(=O)O)c1)C(=O)Nc1ccccc1F. The van der Waals surface area contributed by atoms with Crippen molar-refractivity contribution in [2.45, 2.75) is 23.5 Å². The second-order valence-electron chi connectivity index (χ2n) is 6.82. The number of para-hydroxylation sites is 1. The van der Waals surface area contributed by atoms with Gasteiger partial charge in [0.25, 0.3) is 5.91 Å². The van der Waals surface area contributed by atoms with Crippen molar-refractivity contribution in [3.05, 3.63) is 89.7 Å². The first kappa shape index (κ1) is 23.0. The van der Waals surface area contributed by atoms with E-state index in [0.29, 0.717) is 12.1 Å². The molecule has 0 saturated heterocycles. The minimum Gasteiger partial charge on any atom is -0.478 e. The summed E-state index contributed by atoms with van der Waals surface area (Å²) in [7, 11) is 0. The summed E-state index contributed by atoms with van der Waals surface area (Å²) >= 11 is 1.29. The number of thioether (sulfide) groups is 1. The highest BCUT2D eigenvalue weighted by Crippen LogP contribution is 2.29. The smallest absolute Gasteiger partial charge is 0.336 e. The Morgan fingerprint density at radius 3 is 2.31 bits per heavy atom. The maximum Gasteiger partial charge on any atom is 0.336 e. The highest BCUT2D eigenvalue weighted by Gasteiger charge is 2.20. The fourth-order valence-electron chi connectivity index (χ4n) is 2.98. The molecule has 3 N–H and O–H groups in total. The van der Waals surface area contributed by atoms with Gasteiger partial charge < -0.3 is 15.7 Å². The van der Waals surface area contributed by atoms with Crippen molar-refractivity contribution in [3.8, 4) is 0 Å². The first-order valence-electron chi connectivity index (χ1n) is 9.84. The second-order valence-corrected chi connectivity index (χ2v) is 8.09. The molecule has 0 heterocycles. The molecule has 0 aliphatic carbocycles. The summed E-state index contributed by atoms with van der Waals surface area (Å²) in [5.74, 6) is -2.57. The van der Waals surface area contributed by atoms with E-state index in [0.717, 1.165) is 4.90 Å². The third-order valence-corrected chi connectivity index (χ3v) is 5.93. The van der Waals surface area contributed by atoms with Crippen LogP contribution in [0.1, 0.15) is 34.1 Å². The monoisotopic (exact) mass is 452 g/mol. The number of nitrogens with one attached hydrogen (secondary N) is 2. The van der Waals surface area contributed by atoms with E-state index >= 15 is 0 Å².